The number of aromatic carboxylic acids is 1. The SMILES string of the molecule is CCCN(CCC)S(=O)(=O)c1ccc(C(=O)O)cc1.CC[C@@]1(O)C(=O)OCc2c1cc1n(c2=O)Cc2cc3c(CN(C)C)c(O)ccc3nc2-1. The van der Waals surface area contributed by atoms with Crippen molar-refractivity contribution in [3.63, 3.8) is 0 Å². The Balaban J connectivity index is 0.000000221. The molecule has 0 radical (unpaired) electrons. The van der Waals surface area contributed by atoms with E-state index >= 15 is 0 Å². The lowest BCUT2D eigenvalue weighted by atomic mass is 9.86. The average molecular weight is 707 g/mol. The van der Waals surface area contributed by atoms with Gasteiger partial charge in [0.25, 0.3) is 5.56 Å². The molecule has 6 rings (SSSR count). The summed E-state index contributed by atoms with van der Waals surface area (Å²) < 4.78 is 32.9. The molecule has 4 heterocycles. The van der Waals surface area contributed by atoms with Crippen LogP contribution in [0.1, 0.15) is 72.6 Å². The Morgan fingerprint density at radius 3 is 2.26 bits per heavy atom. The van der Waals surface area contributed by atoms with Crippen molar-refractivity contribution in [2.75, 3.05) is 27.2 Å². The van der Waals surface area contributed by atoms with Gasteiger partial charge >= 0.3 is 11.9 Å². The monoisotopic (exact) mass is 706 g/mol. The number of esters is 1. The molecule has 0 spiro atoms. The van der Waals surface area contributed by atoms with E-state index in [-0.39, 0.29) is 34.8 Å². The lowest BCUT2D eigenvalue weighted by Crippen LogP contribution is -2.44. The van der Waals surface area contributed by atoms with Gasteiger partial charge < -0.3 is 29.5 Å². The second-order valence-corrected chi connectivity index (χ2v) is 14.6. The lowest BCUT2D eigenvalue weighted by molar-refractivity contribution is -0.172. The molecule has 1 atom stereocenters. The number of carboxylic acid groups (broad SMARTS) is 1. The summed E-state index contributed by atoms with van der Waals surface area (Å²) in [5, 5.41) is 31.0. The Morgan fingerprint density at radius 1 is 1.02 bits per heavy atom. The maximum atomic E-state index is 13.2. The number of hydrogen-bond donors (Lipinski definition) is 3. The average Bonchev–Trinajstić information content (AvgIpc) is 3.45. The number of cyclic esters (lactones) is 1. The van der Waals surface area contributed by atoms with Crippen molar-refractivity contribution < 1.29 is 38.1 Å². The smallest absolute Gasteiger partial charge is 0.343 e. The number of carbonyl (C=O) groups is 2. The van der Waals surface area contributed by atoms with Gasteiger partial charge in [-0.15, -0.1) is 0 Å². The number of nitrogens with zero attached hydrogens (tertiary/aromatic N) is 4. The molecule has 266 valence electrons. The topological polar surface area (TPSA) is 180 Å². The highest BCUT2D eigenvalue weighted by atomic mass is 32.2. The molecule has 0 unspecified atom stereocenters. The number of aromatic nitrogens is 2. The van der Waals surface area contributed by atoms with Crippen LogP contribution in [-0.4, -0.2) is 81.6 Å². The van der Waals surface area contributed by atoms with Crippen molar-refractivity contribution in [3.8, 4) is 17.1 Å². The number of phenols is 1. The highest BCUT2D eigenvalue weighted by molar-refractivity contribution is 7.89. The Morgan fingerprint density at radius 2 is 1.68 bits per heavy atom. The molecular weight excluding hydrogens is 664 g/mol. The summed E-state index contributed by atoms with van der Waals surface area (Å²) in [7, 11) is 0.328. The molecule has 2 aromatic carbocycles. The molecule has 0 saturated heterocycles. The minimum absolute atomic E-state index is 0.0801. The van der Waals surface area contributed by atoms with Gasteiger partial charge in [0.2, 0.25) is 10.0 Å². The van der Waals surface area contributed by atoms with Crippen LogP contribution in [0.25, 0.3) is 22.3 Å². The Hall–Kier alpha value is -4.63. The number of benzene rings is 2. The van der Waals surface area contributed by atoms with Gasteiger partial charge in [-0.05, 0) is 81.9 Å². The Bertz CT molecular complexity index is 2120. The van der Waals surface area contributed by atoms with E-state index in [4.69, 9.17) is 14.8 Å². The number of fused-ring (bicyclic) bond motifs is 5. The summed E-state index contributed by atoms with van der Waals surface area (Å²) in [4.78, 5) is 43.2. The van der Waals surface area contributed by atoms with E-state index in [2.05, 4.69) is 0 Å². The van der Waals surface area contributed by atoms with Gasteiger partial charge in [0.15, 0.2) is 5.60 Å². The molecule has 0 bridgehead atoms. The molecule has 14 heteroatoms. The van der Waals surface area contributed by atoms with E-state index in [0.29, 0.717) is 54.2 Å². The lowest BCUT2D eigenvalue weighted by Gasteiger charge is -2.31. The number of hydrogen-bond acceptors (Lipinski definition) is 10. The second kappa shape index (κ2) is 14.3. The number of ether oxygens (including phenoxy) is 1. The highest BCUT2D eigenvalue weighted by Gasteiger charge is 2.45. The molecule has 0 saturated carbocycles. The molecule has 2 aliphatic heterocycles. The van der Waals surface area contributed by atoms with Crippen LogP contribution in [0.3, 0.4) is 0 Å². The summed E-state index contributed by atoms with van der Waals surface area (Å²) in [6.45, 7) is 7.19. The van der Waals surface area contributed by atoms with Crippen molar-refractivity contribution in [1.29, 1.82) is 0 Å². The van der Waals surface area contributed by atoms with Gasteiger partial charge in [0.1, 0.15) is 12.4 Å². The van der Waals surface area contributed by atoms with Gasteiger partial charge in [-0.2, -0.15) is 4.31 Å². The van der Waals surface area contributed by atoms with Crippen LogP contribution in [0.4, 0.5) is 0 Å². The van der Waals surface area contributed by atoms with E-state index in [1.165, 1.54) is 28.6 Å². The number of carboxylic acids is 1. The number of phenolic OH excluding ortho intramolecular Hbond substituents is 1. The highest BCUT2D eigenvalue weighted by Crippen LogP contribution is 2.39. The van der Waals surface area contributed by atoms with Gasteiger partial charge in [0.05, 0.1) is 39.5 Å². The van der Waals surface area contributed by atoms with Gasteiger partial charge in [-0.25, -0.2) is 23.0 Å². The number of pyridine rings is 2. The Labute approximate surface area is 290 Å². The van der Waals surface area contributed by atoms with Crippen molar-refractivity contribution >= 4 is 32.9 Å². The van der Waals surface area contributed by atoms with Crippen molar-refractivity contribution in [2.24, 2.45) is 0 Å². The maximum Gasteiger partial charge on any atom is 0.343 e. The molecule has 0 fully saturated rings. The minimum Gasteiger partial charge on any atom is -0.508 e. The molecule has 0 amide bonds. The summed E-state index contributed by atoms with van der Waals surface area (Å²) >= 11 is 0. The van der Waals surface area contributed by atoms with Crippen LogP contribution >= 0.6 is 0 Å². The molecule has 13 nitrogen and oxygen atoms in total. The first kappa shape index (κ1) is 36.6. The fraction of sp³-hybridized carbons (Fsp3) is 0.389. The molecule has 2 aromatic heterocycles. The molecule has 2 aliphatic rings. The van der Waals surface area contributed by atoms with Gasteiger partial charge in [-0.1, -0.05) is 20.8 Å². The number of sulfonamides is 1. The van der Waals surface area contributed by atoms with Gasteiger partial charge in [-0.3, -0.25) is 4.79 Å². The molecule has 0 aliphatic carbocycles. The van der Waals surface area contributed by atoms with E-state index in [1.807, 2.05) is 38.9 Å². The van der Waals surface area contributed by atoms with Crippen LogP contribution in [0, 0.1) is 0 Å². The molecular formula is C36H42N4O9S. The zero-order valence-electron chi connectivity index (χ0n) is 28.8. The predicted molar refractivity (Wildman–Crippen MR) is 186 cm³/mol. The first-order valence-electron chi connectivity index (χ1n) is 16.5. The zero-order valence-corrected chi connectivity index (χ0v) is 29.6. The second-order valence-electron chi connectivity index (χ2n) is 12.7. The van der Waals surface area contributed by atoms with E-state index in [1.54, 1.807) is 29.7 Å². The van der Waals surface area contributed by atoms with Gasteiger partial charge in [0, 0.05) is 41.7 Å². The molecule has 3 N–H and O–H groups in total. The largest absolute Gasteiger partial charge is 0.508 e. The zero-order chi connectivity index (χ0) is 36.5. The predicted octanol–water partition coefficient (Wildman–Crippen LogP) is 4.04. The van der Waals surface area contributed by atoms with Crippen LogP contribution in [0.15, 0.2) is 58.2 Å². The maximum absolute atomic E-state index is 13.2. The summed E-state index contributed by atoms with van der Waals surface area (Å²) in [5.41, 5.74) is 2.11. The fourth-order valence-corrected chi connectivity index (χ4v) is 7.98. The van der Waals surface area contributed by atoms with E-state index in [9.17, 15) is 33.0 Å². The van der Waals surface area contributed by atoms with Crippen molar-refractivity contribution in [1.82, 2.24) is 18.8 Å². The minimum atomic E-state index is -3.53. The third kappa shape index (κ3) is 6.63. The van der Waals surface area contributed by atoms with E-state index < -0.39 is 27.6 Å². The Kier molecular flexibility index (Phi) is 10.5. The van der Waals surface area contributed by atoms with Crippen molar-refractivity contribution in [2.45, 2.75) is 70.2 Å². The molecule has 4 aromatic rings. The van der Waals surface area contributed by atoms with Crippen LogP contribution in [-0.2, 0) is 44.9 Å². The third-order valence-corrected chi connectivity index (χ3v) is 10.9. The number of rotatable bonds is 10. The standard InChI is InChI=1S/C23H23N3O5.C13H19NO4S/c1-4-23(30)16-8-18-20-12(9-26(18)21(28)15(16)11-31-22(23)29)7-13-14(10-25(2)3)19(27)6-5-17(13)24-20;1-3-9-14(10-4-2)19(17,18)12-7-5-11(6-8-12)13(15)16/h5-8,27,30H,4,9-11H2,1-3H3;5-8H,3-4,9-10H2,1-2H3,(H,15,16)/t23-;/m0./s1. The summed E-state index contributed by atoms with van der Waals surface area (Å²) in [5.74, 6) is -1.60. The number of aliphatic hydroxyl groups is 1. The molecule has 50 heavy (non-hydrogen) atoms. The normalized spacial score (nSPS) is 16.4. The summed E-state index contributed by atoms with van der Waals surface area (Å²) in [6.07, 6.45) is 1.59. The first-order chi connectivity index (χ1) is 23.7. The van der Waals surface area contributed by atoms with E-state index in [0.717, 1.165) is 29.4 Å². The van der Waals surface area contributed by atoms with Crippen LogP contribution in [0.2, 0.25) is 0 Å². The first-order valence-corrected chi connectivity index (χ1v) is 17.9. The third-order valence-electron chi connectivity index (χ3n) is 8.94. The number of aromatic hydroxyl groups is 1. The van der Waals surface area contributed by atoms with Crippen molar-refractivity contribution in [3.05, 3.63) is 86.7 Å². The quantitative estimate of drug-likeness (QED) is 0.179. The number of carbonyl (C=O) groups excluding carboxylic acids is 1. The summed E-state index contributed by atoms with van der Waals surface area (Å²) in [6, 6.07) is 12.4. The fourth-order valence-electron chi connectivity index (χ4n) is 6.35. The van der Waals surface area contributed by atoms with Crippen LogP contribution in [0.5, 0.6) is 5.75 Å². The van der Waals surface area contributed by atoms with Crippen LogP contribution < -0.4 is 5.56 Å².